The van der Waals surface area contributed by atoms with Crippen molar-refractivity contribution >= 4 is 35.5 Å². The molecule has 0 fully saturated rings. The Kier molecular flexibility index (Phi) is 5.98. The molecule has 0 saturated heterocycles. The van der Waals surface area contributed by atoms with Crippen molar-refractivity contribution in [3.8, 4) is 0 Å². The number of fused-ring (bicyclic) bond motifs is 1. The van der Waals surface area contributed by atoms with Crippen LogP contribution in [0.5, 0.6) is 0 Å². The first-order valence-electron chi connectivity index (χ1n) is 8.85. The van der Waals surface area contributed by atoms with Gasteiger partial charge in [0.15, 0.2) is 0 Å². The van der Waals surface area contributed by atoms with Gasteiger partial charge in [-0.15, -0.1) is 12.4 Å². The van der Waals surface area contributed by atoms with E-state index in [0.717, 1.165) is 11.1 Å². The van der Waals surface area contributed by atoms with Gasteiger partial charge in [0.25, 0.3) is 5.91 Å². The van der Waals surface area contributed by atoms with Crippen LogP contribution >= 0.6 is 12.4 Å². The van der Waals surface area contributed by atoms with Crippen LogP contribution in [0.4, 0.5) is 26.0 Å². The van der Waals surface area contributed by atoms with E-state index < -0.39 is 5.82 Å². The Morgan fingerprint density at radius 2 is 1.79 bits per heavy atom. The predicted molar refractivity (Wildman–Crippen MR) is 111 cm³/mol. The minimum Gasteiger partial charge on any atom is -0.399 e. The molecule has 0 aliphatic heterocycles. The third-order valence-corrected chi connectivity index (χ3v) is 4.65. The first-order chi connectivity index (χ1) is 13.5. The normalized spacial score (nSPS) is 14.6. The van der Waals surface area contributed by atoms with Crippen molar-refractivity contribution in [2.24, 2.45) is 0 Å². The van der Waals surface area contributed by atoms with Gasteiger partial charge >= 0.3 is 0 Å². The van der Waals surface area contributed by atoms with E-state index in [2.05, 4.69) is 15.6 Å². The summed E-state index contributed by atoms with van der Waals surface area (Å²) in [5, 5.41) is 5.74. The summed E-state index contributed by atoms with van der Waals surface area (Å²) >= 11 is 0. The second-order valence-electron chi connectivity index (χ2n) is 6.77. The molecule has 1 heterocycles. The first-order valence-corrected chi connectivity index (χ1v) is 8.85. The number of carbonyl (C=O) groups is 1. The van der Waals surface area contributed by atoms with Gasteiger partial charge in [0, 0.05) is 17.8 Å². The molecule has 8 heteroatoms. The lowest BCUT2D eigenvalue weighted by Gasteiger charge is -2.13. The summed E-state index contributed by atoms with van der Waals surface area (Å²) in [7, 11) is 0. The van der Waals surface area contributed by atoms with Crippen LogP contribution < -0.4 is 16.4 Å². The van der Waals surface area contributed by atoms with Crippen LogP contribution in [0.1, 0.15) is 21.6 Å². The highest BCUT2D eigenvalue weighted by Gasteiger charge is 2.24. The summed E-state index contributed by atoms with van der Waals surface area (Å²) in [5.74, 6) is -0.838. The lowest BCUT2D eigenvalue weighted by molar-refractivity contribution is 0.0933. The zero-order valence-electron chi connectivity index (χ0n) is 15.3. The highest BCUT2D eigenvalue weighted by molar-refractivity contribution is 5.94. The van der Waals surface area contributed by atoms with Gasteiger partial charge in [0.05, 0.1) is 5.69 Å². The van der Waals surface area contributed by atoms with Crippen molar-refractivity contribution < 1.29 is 13.6 Å². The van der Waals surface area contributed by atoms with Gasteiger partial charge in [-0.3, -0.25) is 4.79 Å². The standard InChI is InChI=1S/C21H18F2N4O.ClH/c22-14-6-5-12-8-16(9-13(12)7-14)25-21(28)19-10-15(24)11-20(27-19)26-18-4-2-1-3-17(18)23;/h1-7,10-11,16H,8-9H2,(H,25,28)(H3,24,26,27);1H. The zero-order chi connectivity index (χ0) is 19.7. The average Bonchev–Trinajstić information content (AvgIpc) is 3.04. The number of anilines is 3. The second kappa shape index (κ2) is 8.45. The topological polar surface area (TPSA) is 80.0 Å². The van der Waals surface area contributed by atoms with Gasteiger partial charge in [-0.05, 0) is 54.3 Å². The molecular weight excluding hydrogens is 398 g/mol. The Morgan fingerprint density at radius 3 is 2.59 bits per heavy atom. The van der Waals surface area contributed by atoms with E-state index in [1.165, 1.54) is 30.3 Å². The Bertz CT molecular complexity index is 1060. The van der Waals surface area contributed by atoms with Crippen LogP contribution in [0.2, 0.25) is 0 Å². The number of rotatable bonds is 4. The lowest BCUT2D eigenvalue weighted by Crippen LogP contribution is -2.35. The van der Waals surface area contributed by atoms with E-state index in [-0.39, 0.29) is 47.4 Å². The van der Waals surface area contributed by atoms with Crippen LogP contribution in [0.15, 0.2) is 54.6 Å². The van der Waals surface area contributed by atoms with Gasteiger partial charge in [0.1, 0.15) is 23.1 Å². The van der Waals surface area contributed by atoms with E-state index in [1.54, 1.807) is 24.3 Å². The number of nitrogens with zero attached hydrogens (tertiary/aromatic N) is 1. The molecule has 4 rings (SSSR count). The van der Waals surface area contributed by atoms with Crippen LogP contribution in [0.25, 0.3) is 0 Å². The van der Waals surface area contributed by atoms with Crippen molar-refractivity contribution in [2.75, 3.05) is 11.1 Å². The number of para-hydroxylation sites is 1. The van der Waals surface area contributed by atoms with Crippen molar-refractivity contribution in [1.29, 1.82) is 0 Å². The third-order valence-electron chi connectivity index (χ3n) is 4.65. The highest BCUT2D eigenvalue weighted by Crippen LogP contribution is 2.24. The van der Waals surface area contributed by atoms with Crippen LogP contribution in [0, 0.1) is 11.6 Å². The number of amides is 1. The van der Waals surface area contributed by atoms with Crippen molar-refractivity contribution in [3.63, 3.8) is 0 Å². The first kappa shape index (κ1) is 20.5. The summed E-state index contributed by atoms with van der Waals surface area (Å²) in [6, 6.07) is 13.7. The number of hydrogen-bond donors (Lipinski definition) is 3. The van der Waals surface area contributed by atoms with Crippen LogP contribution in [0.3, 0.4) is 0 Å². The van der Waals surface area contributed by atoms with Crippen molar-refractivity contribution in [3.05, 3.63) is 83.1 Å². The molecule has 150 valence electrons. The smallest absolute Gasteiger partial charge is 0.270 e. The number of benzene rings is 2. The SMILES string of the molecule is Cl.Nc1cc(Nc2ccccc2F)nc(C(=O)NC2Cc3ccc(F)cc3C2)c1. The Balaban J connectivity index is 0.00000240. The third kappa shape index (κ3) is 4.63. The molecule has 4 N–H and O–H groups in total. The molecule has 5 nitrogen and oxygen atoms in total. The number of hydrogen-bond acceptors (Lipinski definition) is 4. The molecule has 2 aromatic carbocycles. The number of carbonyl (C=O) groups excluding carboxylic acids is 1. The summed E-state index contributed by atoms with van der Waals surface area (Å²) in [6.07, 6.45) is 1.19. The molecular formula is C21H19ClF2N4O. The molecule has 0 saturated carbocycles. The van der Waals surface area contributed by atoms with E-state index >= 15 is 0 Å². The number of pyridine rings is 1. The van der Waals surface area contributed by atoms with E-state index in [9.17, 15) is 13.6 Å². The average molecular weight is 417 g/mol. The lowest BCUT2D eigenvalue weighted by atomic mass is 10.1. The molecule has 3 aromatic rings. The fourth-order valence-corrected chi connectivity index (χ4v) is 3.38. The fourth-order valence-electron chi connectivity index (χ4n) is 3.38. The Labute approximate surface area is 172 Å². The molecule has 1 aliphatic rings. The molecule has 29 heavy (non-hydrogen) atoms. The molecule has 0 bridgehead atoms. The minimum absolute atomic E-state index is 0. The maximum absolute atomic E-state index is 13.8. The number of aromatic nitrogens is 1. The Morgan fingerprint density at radius 1 is 1.03 bits per heavy atom. The number of nitrogen functional groups attached to an aromatic ring is 1. The maximum Gasteiger partial charge on any atom is 0.270 e. The van der Waals surface area contributed by atoms with Gasteiger partial charge in [-0.1, -0.05) is 18.2 Å². The number of nitrogens with two attached hydrogens (primary N) is 1. The number of halogens is 3. The fraction of sp³-hybridized carbons (Fsp3) is 0.143. The van der Waals surface area contributed by atoms with Crippen LogP contribution in [-0.2, 0) is 12.8 Å². The Hall–Kier alpha value is -3.19. The predicted octanol–water partition coefficient (Wildman–Crippen LogP) is 4.00. The van der Waals surface area contributed by atoms with Crippen molar-refractivity contribution in [2.45, 2.75) is 18.9 Å². The molecule has 1 aromatic heterocycles. The molecule has 1 atom stereocenters. The van der Waals surface area contributed by atoms with Crippen molar-refractivity contribution in [1.82, 2.24) is 10.3 Å². The summed E-state index contributed by atoms with van der Waals surface area (Å²) in [5.41, 5.74) is 8.50. The molecule has 1 aliphatic carbocycles. The zero-order valence-corrected chi connectivity index (χ0v) is 16.1. The largest absolute Gasteiger partial charge is 0.399 e. The number of nitrogens with one attached hydrogen (secondary N) is 2. The summed E-state index contributed by atoms with van der Waals surface area (Å²) in [6.45, 7) is 0. The summed E-state index contributed by atoms with van der Waals surface area (Å²) < 4.78 is 27.2. The quantitative estimate of drug-likeness (QED) is 0.600. The maximum atomic E-state index is 13.8. The minimum atomic E-state index is -0.436. The molecule has 1 unspecified atom stereocenters. The molecule has 1 amide bonds. The van der Waals surface area contributed by atoms with Gasteiger partial charge in [0.2, 0.25) is 0 Å². The highest BCUT2D eigenvalue weighted by atomic mass is 35.5. The van der Waals surface area contributed by atoms with Gasteiger partial charge in [-0.2, -0.15) is 0 Å². The summed E-state index contributed by atoms with van der Waals surface area (Å²) in [4.78, 5) is 16.9. The van der Waals surface area contributed by atoms with E-state index in [4.69, 9.17) is 5.73 Å². The monoisotopic (exact) mass is 416 g/mol. The second-order valence-corrected chi connectivity index (χ2v) is 6.77. The van der Waals surface area contributed by atoms with E-state index in [1.807, 2.05) is 0 Å². The van der Waals surface area contributed by atoms with E-state index in [0.29, 0.717) is 18.5 Å². The van der Waals surface area contributed by atoms with Gasteiger partial charge in [-0.25, -0.2) is 13.8 Å². The molecule has 0 spiro atoms. The van der Waals surface area contributed by atoms with Gasteiger partial charge < -0.3 is 16.4 Å². The molecule has 0 radical (unpaired) electrons. The van der Waals surface area contributed by atoms with Crippen LogP contribution in [-0.4, -0.2) is 16.9 Å².